The van der Waals surface area contributed by atoms with Crippen LogP contribution in [0.5, 0.6) is 11.5 Å². The average molecular weight is 422 g/mol. The van der Waals surface area contributed by atoms with Gasteiger partial charge >= 0.3 is 0 Å². The molecular formula is C23H23N3O3S. The van der Waals surface area contributed by atoms with Gasteiger partial charge in [0, 0.05) is 18.9 Å². The zero-order valence-electron chi connectivity index (χ0n) is 16.7. The SMILES string of the molecule is CCOc1cc(C2CC(=O)N3CN(Cc4ccccc4)CSC3=C2C#N)ccc1O. The number of ether oxygens (including phenoxy) is 1. The van der Waals surface area contributed by atoms with E-state index in [0.29, 0.717) is 30.5 Å². The molecule has 0 radical (unpaired) electrons. The van der Waals surface area contributed by atoms with Crippen molar-refractivity contribution in [2.45, 2.75) is 25.8 Å². The number of thioether (sulfide) groups is 1. The fourth-order valence-corrected chi connectivity index (χ4v) is 4.99. The van der Waals surface area contributed by atoms with Crippen LogP contribution in [0.1, 0.15) is 30.4 Å². The molecule has 30 heavy (non-hydrogen) atoms. The minimum absolute atomic E-state index is 0.00490. The maximum Gasteiger partial charge on any atom is 0.229 e. The summed E-state index contributed by atoms with van der Waals surface area (Å²) in [7, 11) is 0. The highest BCUT2D eigenvalue weighted by atomic mass is 32.2. The van der Waals surface area contributed by atoms with Crippen molar-refractivity contribution >= 4 is 17.7 Å². The minimum atomic E-state index is -0.332. The Kier molecular flexibility index (Phi) is 5.98. The molecule has 0 spiro atoms. The van der Waals surface area contributed by atoms with E-state index in [2.05, 4.69) is 23.1 Å². The van der Waals surface area contributed by atoms with Crippen LogP contribution >= 0.6 is 11.8 Å². The Morgan fingerprint density at radius 2 is 2.07 bits per heavy atom. The molecule has 1 N–H and O–H groups in total. The van der Waals surface area contributed by atoms with Crippen molar-refractivity contribution < 1.29 is 14.6 Å². The first-order valence-corrected chi connectivity index (χ1v) is 10.9. The molecule has 2 aliphatic rings. The maximum absolute atomic E-state index is 13.0. The van der Waals surface area contributed by atoms with Gasteiger partial charge in [-0.1, -0.05) is 48.2 Å². The number of hydrogen-bond acceptors (Lipinski definition) is 6. The minimum Gasteiger partial charge on any atom is -0.504 e. The van der Waals surface area contributed by atoms with Gasteiger partial charge in [-0.15, -0.1) is 0 Å². The van der Waals surface area contributed by atoms with Gasteiger partial charge in [-0.25, -0.2) is 0 Å². The van der Waals surface area contributed by atoms with Crippen molar-refractivity contribution in [3.63, 3.8) is 0 Å². The van der Waals surface area contributed by atoms with Crippen molar-refractivity contribution in [1.29, 1.82) is 5.26 Å². The number of fused-ring (bicyclic) bond motifs is 1. The molecule has 1 atom stereocenters. The predicted molar refractivity (Wildman–Crippen MR) is 115 cm³/mol. The summed E-state index contributed by atoms with van der Waals surface area (Å²) < 4.78 is 5.48. The van der Waals surface area contributed by atoms with Gasteiger partial charge in [0.1, 0.15) is 0 Å². The molecule has 7 heteroatoms. The second-order valence-electron chi connectivity index (χ2n) is 7.30. The number of carbonyl (C=O) groups is 1. The lowest BCUT2D eigenvalue weighted by molar-refractivity contribution is -0.131. The smallest absolute Gasteiger partial charge is 0.229 e. The molecule has 4 rings (SSSR count). The Bertz CT molecular complexity index is 1020. The molecule has 154 valence electrons. The number of hydrogen-bond donors (Lipinski definition) is 1. The summed E-state index contributed by atoms with van der Waals surface area (Å²) in [6.45, 7) is 3.50. The first kappa shape index (κ1) is 20.3. The van der Waals surface area contributed by atoms with E-state index in [1.165, 1.54) is 17.3 Å². The largest absolute Gasteiger partial charge is 0.504 e. The van der Waals surface area contributed by atoms with E-state index in [0.717, 1.165) is 17.1 Å². The number of amides is 1. The number of allylic oxidation sites excluding steroid dienone is 1. The van der Waals surface area contributed by atoms with Crippen molar-refractivity contribution in [2.24, 2.45) is 0 Å². The van der Waals surface area contributed by atoms with E-state index in [9.17, 15) is 15.2 Å². The van der Waals surface area contributed by atoms with Crippen molar-refractivity contribution in [3.05, 3.63) is 70.3 Å². The summed E-state index contributed by atoms with van der Waals surface area (Å²) in [5.41, 5.74) is 2.61. The zero-order valence-corrected chi connectivity index (χ0v) is 17.6. The monoisotopic (exact) mass is 421 g/mol. The van der Waals surface area contributed by atoms with Gasteiger partial charge < -0.3 is 9.84 Å². The summed E-state index contributed by atoms with van der Waals surface area (Å²) >= 11 is 1.53. The number of nitriles is 1. The fraction of sp³-hybridized carbons (Fsp3) is 0.304. The molecule has 0 saturated carbocycles. The lowest BCUT2D eigenvalue weighted by atomic mass is 9.86. The standard InChI is InChI=1S/C23H23N3O3S/c1-2-29-21-10-17(8-9-20(21)27)18-11-22(28)26-14-25(13-16-6-4-3-5-7-16)15-30-23(26)19(18)12-24/h3-10,18,27H,2,11,13-15H2,1H3. The Morgan fingerprint density at radius 3 is 2.80 bits per heavy atom. The first-order chi connectivity index (χ1) is 14.6. The van der Waals surface area contributed by atoms with E-state index < -0.39 is 0 Å². The molecule has 2 aromatic rings. The highest BCUT2D eigenvalue weighted by Crippen LogP contribution is 2.44. The molecule has 2 aliphatic heterocycles. The Hall–Kier alpha value is -2.95. The van der Waals surface area contributed by atoms with Crippen LogP contribution in [-0.2, 0) is 11.3 Å². The highest BCUT2D eigenvalue weighted by Gasteiger charge is 2.38. The third-order valence-electron chi connectivity index (χ3n) is 5.28. The van der Waals surface area contributed by atoms with Crippen molar-refractivity contribution in [1.82, 2.24) is 9.80 Å². The average Bonchev–Trinajstić information content (AvgIpc) is 2.76. The van der Waals surface area contributed by atoms with Gasteiger partial charge in [0.2, 0.25) is 5.91 Å². The quantitative estimate of drug-likeness (QED) is 0.786. The van der Waals surface area contributed by atoms with Crippen LogP contribution in [0.25, 0.3) is 0 Å². The molecule has 0 bridgehead atoms. The van der Waals surface area contributed by atoms with Gasteiger partial charge in [0.05, 0.1) is 35.8 Å². The van der Waals surface area contributed by atoms with E-state index >= 15 is 0 Å². The van der Waals surface area contributed by atoms with Crippen molar-refractivity contribution in [3.8, 4) is 17.6 Å². The van der Waals surface area contributed by atoms with Gasteiger partial charge in [-0.3, -0.25) is 14.6 Å². The van der Waals surface area contributed by atoms with Gasteiger partial charge in [0.25, 0.3) is 0 Å². The molecule has 2 heterocycles. The van der Waals surface area contributed by atoms with Crippen LogP contribution in [0.2, 0.25) is 0 Å². The number of phenolic OH excluding ortho intramolecular Hbond substituents is 1. The number of nitrogens with zero attached hydrogens (tertiary/aromatic N) is 3. The van der Waals surface area contributed by atoms with Crippen LogP contribution in [0.3, 0.4) is 0 Å². The Labute approximate surface area is 180 Å². The summed E-state index contributed by atoms with van der Waals surface area (Å²) in [5.74, 6) is 0.815. The molecule has 1 saturated heterocycles. The number of rotatable bonds is 5. The number of benzene rings is 2. The third kappa shape index (κ3) is 4.02. The van der Waals surface area contributed by atoms with Gasteiger partial charge in [0.15, 0.2) is 11.5 Å². The van der Waals surface area contributed by atoms with Gasteiger partial charge in [-0.05, 0) is 30.2 Å². The molecule has 6 nitrogen and oxygen atoms in total. The molecule has 1 unspecified atom stereocenters. The van der Waals surface area contributed by atoms with Crippen LogP contribution in [0.4, 0.5) is 0 Å². The predicted octanol–water partition coefficient (Wildman–Crippen LogP) is 4.01. The van der Waals surface area contributed by atoms with Crippen LogP contribution in [0, 0.1) is 11.3 Å². The Morgan fingerprint density at radius 1 is 1.27 bits per heavy atom. The van der Waals surface area contributed by atoms with E-state index in [1.807, 2.05) is 25.1 Å². The van der Waals surface area contributed by atoms with E-state index in [-0.39, 0.29) is 24.0 Å². The molecule has 0 aliphatic carbocycles. The first-order valence-electron chi connectivity index (χ1n) is 9.90. The molecule has 0 aromatic heterocycles. The molecule has 1 amide bonds. The number of carbonyl (C=O) groups excluding carboxylic acids is 1. The topological polar surface area (TPSA) is 76.8 Å². The third-order valence-corrected chi connectivity index (χ3v) is 6.49. The Balaban J connectivity index is 1.60. The zero-order chi connectivity index (χ0) is 21.1. The summed E-state index contributed by atoms with van der Waals surface area (Å²) in [6.07, 6.45) is 0.225. The van der Waals surface area contributed by atoms with Gasteiger partial charge in [-0.2, -0.15) is 5.26 Å². The van der Waals surface area contributed by atoms with Crippen LogP contribution in [-0.4, -0.2) is 40.0 Å². The van der Waals surface area contributed by atoms with Crippen LogP contribution < -0.4 is 4.74 Å². The molecule has 2 aromatic carbocycles. The number of phenols is 1. The highest BCUT2D eigenvalue weighted by molar-refractivity contribution is 8.03. The second-order valence-corrected chi connectivity index (χ2v) is 8.23. The lowest BCUT2D eigenvalue weighted by Gasteiger charge is -2.41. The maximum atomic E-state index is 13.0. The van der Waals surface area contributed by atoms with Crippen LogP contribution in [0.15, 0.2) is 59.1 Å². The van der Waals surface area contributed by atoms with E-state index in [1.54, 1.807) is 23.1 Å². The summed E-state index contributed by atoms with van der Waals surface area (Å²) in [4.78, 5) is 16.9. The summed E-state index contributed by atoms with van der Waals surface area (Å²) in [6, 6.07) is 17.6. The normalized spacial score (nSPS) is 19.4. The number of aromatic hydroxyl groups is 1. The van der Waals surface area contributed by atoms with Crippen molar-refractivity contribution in [2.75, 3.05) is 19.2 Å². The molecule has 1 fully saturated rings. The fourth-order valence-electron chi connectivity index (χ4n) is 3.85. The second kappa shape index (κ2) is 8.82. The van der Waals surface area contributed by atoms with E-state index in [4.69, 9.17) is 4.74 Å². The summed E-state index contributed by atoms with van der Waals surface area (Å²) in [5, 5.41) is 20.7. The molecular weight excluding hydrogens is 398 g/mol. The lowest BCUT2D eigenvalue weighted by Crippen LogP contribution is -2.46.